The van der Waals surface area contributed by atoms with Gasteiger partial charge < -0.3 is 11.1 Å². The first kappa shape index (κ1) is 13.6. The molecule has 18 heavy (non-hydrogen) atoms. The van der Waals surface area contributed by atoms with Crippen LogP contribution in [0.25, 0.3) is 0 Å². The lowest BCUT2D eigenvalue weighted by atomic mass is 10.0. The first-order chi connectivity index (χ1) is 8.54. The second-order valence-electron chi connectivity index (χ2n) is 3.93. The van der Waals surface area contributed by atoms with Gasteiger partial charge in [-0.15, -0.1) is 0 Å². The molecular formula is C12H14N4O2. The van der Waals surface area contributed by atoms with Crippen LogP contribution in [0.5, 0.6) is 0 Å². The Bertz CT molecular complexity index is 467. The first-order valence-corrected chi connectivity index (χ1v) is 5.44. The Labute approximate surface area is 105 Å². The molecule has 0 fully saturated rings. The fraction of sp³-hybridized carbons (Fsp3) is 0.333. The van der Waals surface area contributed by atoms with Gasteiger partial charge in [-0.3, -0.25) is 14.6 Å². The van der Waals surface area contributed by atoms with E-state index >= 15 is 0 Å². The number of nitrogens with one attached hydrogen (secondary N) is 1. The molecule has 0 aliphatic carbocycles. The van der Waals surface area contributed by atoms with Gasteiger partial charge in [0.25, 0.3) is 5.91 Å². The van der Waals surface area contributed by atoms with Crippen LogP contribution in [0.3, 0.4) is 0 Å². The minimum absolute atomic E-state index is 0.197. The smallest absolute Gasteiger partial charge is 0.252 e. The molecule has 94 valence electrons. The Hall–Kier alpha value is -2.42. The second kappa shape index (κ2) is 6.35. The number of carbonyl (C=O) groups is 2. The number of pyridine rings is 1. The number of amides is 2. The van der Waals surface area contributed by atoms with Gasteiger partial charge in [-0.25, -0.2) is 0 Å². The molecule has 6 heteroatoms. The summed E-state index contributed by atoms with van der Waals surface area (Å²) in [4.78, 5) is 26.8. The Morgan fingerprint density at radius 1 is 1.50 bits per heavy atom. The van der Waals surface area contributed by atoms with E-state index in [1.165, 1.54) is 24.5 Å². The molecule has 0 spiro atoms. The number of hydrogen-bond acceptors (Lipinski definition) is 4. The van der Waals surface area contributed by atoms with E-state index < -0.39 is 17.9 Å². The molecule has 1 aromatic rings. The van der Waals surface area contributed by atoms with Crippen LogP contribution < -0.4 is 11.1 Å². The molecule has 2 atom stereocenters. The number of nitrogens with zero attached hydrogens (tertiary/aromatic N) is 2. The zero-order valence-corrected chi connectivity index (χ0v) is 9.96. The van der Waals surface area contributed by atoms with Crippen LogP contribution in [0.4, 0.5) is 0 Å². The molecule has 1 aromatic heterocycles. The number of nitrogens with two attached hydrogens (primary N) is 1. The molecule has 1 rings (SSSR count). The maximum Gasteiger partial charge on any atom is 0.252 e. The third kappa shape index (κ3) is 3.87. The van der Waals surface area contributed by atoms with Gasteiger partial charge >= 0.3 is 0 Å². The first-order valence-electron chi connectivity index (χ1n) is 5.44. The molecule has 3 N–H and O–H groups in total. The van der Waals surface area contributed by atoms with Crippen molar-refractivity contribution in [1.29, 1.82) is 5.26 Å². The van der Waals surface area contributed by atoms with Gasteiger partial charge in [0.2, 0.25) is 5.91 Å². The molecule has 0 aromatic carbocycles. The third-order valence-corrected chi connectivity index (χ3v) is 2.40. The lowest BCUT2D eigenvalue weighted by Crippen LogP contribution is -2.45. The van der Waals surface area contributed by atoms with Crippen molar-refractivity contribution in [2.24, 2.45) is 11.7 Å². The minimum atomic E-state index is -0.847. The summed E-state index contributed by atoms with van der Waals surface area (Å²) in [5.74, 6) is -1.42. The Morgan fingerprint density at radius 2 is 2.11 bits per heavy atom. The number of carbonyl (C=O) groups excluding carboxylic acids is 2. The quantitative estimate of drug-likeness (QED) is 0.774. The molecule has 1 heterocycles. The zero-order chi connectivity index (χ0) is 13.5. The predicted molar refractivity (Wildman–Crippen MR) is 64.1 cm³/mol. The average Bonchev–Trinajstić information content (AvgIpc) is 2.38. The number of aromatic nitrogens is 1. The van der Waals surface area contributed by atoms with E-state index in [9.17, 15) is 9.59 Å². The highest BCUT2D eigenvalue weighted by Gasteiger charge is 2.21. The predicted octanol–water partition coefficient (Wildman–Crippen LogP) is 0.215. The van der Waals surface area contributed by atoms with Gasteiger partial charge in [0, 0.05) is 23.9 Å². The van der Waals surface area contributed by atoms with E-state index in [0.717, 1.165) is 0 Å². The number of primary amides is 1. The maximum atomic E-state index is 11.8. The summed E-state index contributed by atoms with van der Waals surface area (Å²) >= 11 is 0. The van der Waals surface area contributed by atoms with E-state index in [1.807, 2.05) is 6.07 Å². The maximum absolute atomic E-state index is 11.8. The van der Waals surface area contributed by atoms with E-state index in [1.54, 1.807) is 6.92 Å². The van der Waals surface area contributed by atoms with E-state index in [0.29, 0.717) is 5.56 Å². The fourth-order valence-corrected chi connectivity index (χ4v) is 1.40. The fourth-order valence-electron chi connectivity index (χ4n) is 1.40. The topological polar surface area (TPSA) is 109 Å². The van der Waals surface area contributed by atoms with Crippen molar-refractivity contribution < 1.29 is 9.59 Å². The van der Waals surface area contributed by atoms with Gasteiger partial charge in [-0.1, -0.05) is 0 Å². The van der Waals surface area contributed by atoms with E-state index in [2.05, 4.69) is 10.3 Å². The number of rotatable bonds is 5. The number of hydrogen-bond donors (Lipinski definition) is 2. The number of nitriles is 1. The third-order valence-electron chi connectivity index (χ3n) is 2.40. The summed E-state index contributed by atoms with van der Waals surface area (Å²) in [5.41, 5.74) is 5.58. The highest BCUT2D eigenvalue weighted by Crippen LogP contribution is 2.06. The molecule has 0 aliphatic rings. The SMILES string of the molecule is C[C@H](C#N)C[C@@H](NC(=O)c1ccncc1)C(N)=O. The van der Waals surface area contributed by atoms with Crippen LogP contribution in [0.2, 0.25) is 0 Å². The van der Waals surface area contributed by atoms with Crippen molar-refractivity contribution in [2.45, 2.75) is 19.4 Å². The summed E-state index contributed by atoms with van der Waals surface area (Å²) in [7, 11) is 0. The van der Waals surface area contributed by atoms with Crippen molar-refractivity contribution in [2.75, 3.05) is 0 Å². The molecule has 6 nitrogen and oxygen atoms in total. The molecular weight excluding hydrogens is 232 g/mol. The normalized spacial score (nSPS) is 13.1. The van der Waals surface area contributed by atoms with E-state index in [4.69, 9.17) is 11.0 Å². The molecule has 0 aliphatic heterocycles. The van der Waals surface area contributed by atoms with Crippen LogP contribution in [0.15, 0.2) is 24.5 Å². The van der Waals surface area contributed by atoms with Gasteiger partial charge in [0.15, 0.2) is 0 Å². The Balaban J connectivity index is 2.71. The Kier molecular flexibility index (Phi) is 4.81. The summed E-state index contributed by atoms with van der Waals surface area (Å²) in [5, 5.41) is 11.2. The highest BCUT2D eigenvalue weighted by atomic mass is 16.2. The average molecular weight is 246 g/mol. The van der Waals surface area contributed by atoms with Crippen molar-refractivity contribution in [3.05, 3.63) is 30.1 Å². The van der Waals surface area contributed by atoms with Crippen molar-refractivity contribution >= 4 is 11.8 Å². The minimum Gasteiger partial charge on any atom is -0.368 e. The largest absolute Gasteiger partial charge is 0.368 e. The molecule has 2 amide bonds. The van der Waals surface area contributed by atoms with Crippen LogP contribution in [-0.4, -0.2) is 22.8 Å². The lowest BCUT2D eigenvalue weighted by molar-refractivity contribution is -0.120. The van der Waals surface area contributed by atoms with Gasteiger partial charge in [0.1, 0.15) is 6.04 Å². The van der Waals surface area contributed by atoms with Gasteiger partial charge in [0.05, 0.1) is 6.07 Å². The highest BCUT2D eigenvalue weighted by molar-refractivity contribution is 5.97. The van der Waals surface area contributed by atoms with Crippen molar-refractivity contribution in [3.63, 3.8) is 0 Å². The molecule has 0 saturated carbocycles. The summed E-state index contributed by atoms with van der Waals surface area (Å²) in [6.45, 7) is 1.66. The zero-order valence-electron chi connectivity index (χ0n) is 9.96. The molecule has 0 radical (unpaired) electrons. The van der Waals surface area contributed by atoms with E-state index in [-0.39, 0.29) is 12.3 Å². The summed E-state index contributed by atoms with van der Waals surface area (Å²) in [6, 6.07) is 4.21. The summed E-state index contributed by atoms with van der Waals surface area (Å²) in [6.07, 6.45) is 3.15. The standard InChI is InChI=1S/C12H14N4O2/c1-8(7-13)6-10(11(14)17)16-12(18)9-2-4-15-5-3-9/h2-5,8,10H,6H2,1H3,(H2,14,17)(H,16,18)/t8-,10+/m0/s1. The summed E-state index contributed by atoms with van der Waals surface area (Å²) < 4.78 is 0. The molecule has 0 saturated heterocycles. The van der Waals surface area contributed by atoms with Crippen LogP contribution in [0.1, 0.15) is 23.7 Å². The van der Waals surface area contributed by atoms with Crippen molar-refractivity contribution in [1.82, 2.24) is 10.3 Å². The van der Waals surface area contributed by atoms with Crippen LogP contribution >= 0.6 is 0 Å². The van der Waals surface area contributed by atoms with Crippen molar-refractivity contribution in [3.8, 4) is 6.07 Å². The van der Waals surface area contributed by atoms with Gasteiger partial charge in [-0.05, 0) is 25.5 Å². The van der Waals surface area contributed by atoms with Gasteiger partial charge in [-0.2, -0.15) is 5.26 Å². The van der Waals surface area contributed by atoms with Crippen LogP contribution in [-0.2, 0) is 4.79 Å². The molecule has 0 unspecified atom stereocenters. The Morgan fingerprint density at radius 3 is 2.61 bits per heavy atom. The molecule has 0 bridgehead atoms. The lowest BCUT2D eigenvalue weighted by Gasteiger charge is -2.16. The van der Waals surface area contributed by atoms with Crippen LogP contribution in [0, 0.1) is 17.2 Å². The second-order valence-corrected chi connectivity index (χ2v) is 3.93. The monoisotopic (exact) mass is 246 g/mol.